The molecule has 0 atom stereocenters. The summed E-state index contributed by atoms with van der Waals surface area (Å²) in [7, 11) is 0. The average Bonchev–Trinajstić information content (AvgIpc) is 3.43. The summed E-state index contributed by atoms with van der Waals surface area (Å²) >= 11 is 0. The lowest BCUT2D eigenvalue weighted by Crippen LogP contribution is -2.02. The fraction of sp³-hybridized carbons (Fsp3) is 0.0690. The van der Waals surface area contributed by atoms with Gasteiger partial charge < -0.3 is 10.6 Å². The molecular weight excluding hydrogens is 488 g/mol. The number of nitrogens with zero attached hydrogens (tertiary/aromatic N) is 8. The van der Waals surface area contributed by atoms with Gasteiger partial charge in [0.05, 0.1) is 12.7 Å². The smallest absolute Gasteiger partial charge is 0.229 e. The number of hydrogen-bond donors (Lipinski definition) is 2. The summed E-state index contributed by atoms with van der Waals surface area (Å²) in [5, 5.41) is 15.0. The van der Waals surface area contributed by atoms with E-state index < -0.39 is 0 Å². The van der Waals surface area contributed by atoms with Gasteiger partial charge in [0, 0.05) is 29.3 Å². The summed E-state index contributed by atoms with van der Waals surface area (Å²) in [6, 6.07) is 27.4. The van der Waals surface area contributed by atoms with Crippen molar-refractivity contribution in [2.24, 2.45) is 0 Å². The van der Waals surface area contributed by atoms with Crippen LogP contribution in [-0.2, 0) is 6.54 Å². The first-order valence-electron chi connectivity index (χ1n) is 12.4. The minimum atomic E-state index is 0.455. The van der Waals surface area contributed by atoms with E-state index in [1.54, 1.807) is 24.5 Å². The van der Waals surface area contributed by atoms with Crippen LogP contribution in [0.2, 0.25) is 0 Å². The standard InChI is InChI=1S/C29H24N10/c1-20-6-5-9-24(32-20)28-30-16-14-26(35-28)34-27-15-17-31-29(36-27)33-23-12-10-22(11-13-23)25-19-39(38-37-25)18-21-7-3-2-4-8-21/h2-17,19H,18H2,1H3,(H2,30,31,33,34,35,36). The Kier molecular flexibility index (Phi) is 6.64. The molecule has 0 aliphatic carbocycles. The minimum Gasteiger partial charge on any atom is -0.325 e. The van der Waals surface area contributed by atoms with Gasteiger partial charge in [-0.1, -0.05) is 53.7 Å². The van der Waals surface area contributed by atoms with Crippen LogP contribution in [0.25, 0.3) is 22.8 Å². The maximum Gasteiger partial charge on any atom is 0.229 e. The molecule has 0 fully saturated rings. The maximum absolute atomic E-state index is 4.58. The van der Waals surface area contributed by atoms with E-state index in [0.717, 1.165) is 22.6 Å². The van der Waals surface area contributed by atoms with Crippen LogP contribution in [0.5, 0.6) is 0 Å². The Morgan fingerprint density at radius 2 is 1.49 bits per heavy atom. The van der Waals surface area contributed by atoms with Crippen LogP contribution in [0.4, 0.5) is 23.3 Å². The first-order chi connectivity index (χ1) is 19.2. The fourth-order valence-corrected chi connectivity index (χ4v) is 3.97. The summed E-state index contributed by atoms with van der Waals surface area (Å²) in [5.41, 5.74) is 5.43. The SMILES string of the molecule is Cc1cccc(-c2nccc(Nc3ccnc(Nc4ccc(-c5cn(Cc6ccccc6)nn5)cc4)n3)n2)n1. The van der Waals surface area contributed by atoms with Crippen molar-refractivity contribution < 1.29 is 0 Å². The number of aromatic nitrogens is 8. The van der Waals surface area contributed by atoms with E-state index in [-0.39, 0.29) is 0 Å². The van der Waals surface area contributed by atoms with E-state index in [0.29, 0.717) is 35.6 Å². The molecule has 4 aromatic heterocycles. The molecule has 0 radical (unpaired) electrons. The van der Waals surface area contributed by atoms with E-state index in [1.165, 1.54) is 5.56 Å². The van der Waals surface area contributed by atoms with Gasteiger partial charge in [0.15, 0.2) is 5.82 Å². The van der Waals surface area contributed by atoms with Crippen LogP contribution in [0.1, 0.15) is 11.3 Å². The van der Waals surface area contributed by atoms with Crippen molar-refractivity contribution in [3.63, 3.8) is 0 Å². The van der Waals surface area contributed by atoms with Gasteiger partial charge in [0.25, 0.3) is 0 Å². The van der Waals surface area contributed by atoms with Crippen LogP contribution in [0, 0.1) is 6.92 Å². The van der Waals surface area contributed by atoms with E-state index in [9.17, 15) is 0 Å². The Labute approximate surface area is 224 Å². The highest BCUT2D eigenvalue weighted by molar-refractivity contribution is 5.64. The monoisotopic (exact) mass is 512 g/mol. The number of anilines is 4. The summed E-state index contributed by atoms with van der Waals surface area (Å²) in [6.45, 7) is 2.61. The third kappa shape index (κ3) is 5.91. The number of rotatable bonds is 8. The Morgan fingerprint density at radius 1 is 0.692 bits per heavy atom. The third-order valence-corrected chi connectivity index (χ3v) is 5.85. The van der Waals surface area contributed by atoms with Crippen molar-refractivity contribution in [3.05, 3.63) is 115 Å². The van der Waals surface area contributed by atoms with Crippen LogP contribution < -0.4 is 10.6 Å². The largest absolute Gasteiger partial charge is 0.325 e. The van der Waals surface area contributed by atoms with E-state index in [4.69, 9.17) is 0 Å². The maximum atomic E-state index is 4.58. The van der Waals surface area contributed by atoms with Crippen molar-refractivity contribution >= 4 is 23.3 Å². The lowest BCUT2D eigenvalue weighted by atomic mass is 10.1. The molecular formula is C29H24N10. The molecule has 0 amide bonds. The van der Waals surface area contributed by atoms with Crippen LogP contribution in [-0.4, -0.2) is 39.9 Å². The van der Waals surface area contributed by atoms with Gasteiger partial charge >= 0.3 is 0 Å². The van der Waals surface area contributed by atoms with Gasteiger partial charge in [0.1, 0.15) is 23.0 Å². The molecule has 0 unspecified atom stereocenters. The molecule has 0 spiro atoms. The molecule has 4 heterocycles. The zero-order valence-corrected chi connectivity index (χ0v) is 21.1. The molecule has 6 aromatic rings. The molecule has 10 heteroatoms. The van der Waals surface area contributed by atoms with Crippen molar-refractivity contribution in [2.75, 3.05) is 10.6 Å². The lowest BCUT2D eigenvalue weighted by molar-refractivity contribution is 0.650. The molecule has 190 valence electrons. The zero-order valence-electron chi connectivity index (χ0n) is 21.1. The minimum absolute atomic E-state index is 0.455. The number of aryl methyl sites for hydroxylation is 1. The van der Waals surface area contributed by atoms with Gasteiger partial charge in [-0.15, -0.1) is 5.10 Å². The predicted octanol–water partition coefficient (Wildman–Crippen LogP) is 5.43. The van der Waals surface area contributed by atoms with Crippen LogP contribution in [0.15, 0.2) is 104 Å². The Bertz CT molecular complexity index is 1700. The number of nitrogens with one attached hydrogen (secondary N) is 2. The van der Waals surface area contributed by atoms with Gasteiger partial charge in [-0.25, -0.2) is 24.6 Å². The number of pyridine rings is 1. The van der Waals surface area contributed by atoms with Gasteiger partial charge in [-0.3, -0.25) is 0 Å². The first-order valence-corrected chi connectivity index (χ1v) is 12.4. The molecule has 0 aliphatic rings. The normalized spacial score (nSPS) is 10.8. The van der Waals surface area contributed by atoms with Crippen LogP contribution in [0.3, 0.4) is 0 Å². The average molecular weight is 513 g/mol. The van der Waals surface area contributed by atoms with Gasteiger partial charge in [-0.05, 0) is 48.9 Å². The quantitative estimate of drug-likeness (QED) is 0.275. The molecule has 0 bridgehead atoms. The van der Waals surface area contributed by atoms with Crippen LogP contribution >= 0.6 is 0 Å². The van der Waals surface area contributed by atoms with E-state index in [2.05, 4.69) is 58.0 Å². The summed E-state index contributed by atoms with van der Waals surface area (Å²) in [6.07, 6.45) is 5.32. The lowest BCUT2D eigenvalue weighted by Gasteiger charge is -2.09. The highest BCUT2D eigenvalue weighted by Gasteiger charge is 2.08. The summed E-state index contributed by atoms with van der Waals surface area (Å²) in [4.78, 5) is 22.3. The molecule has 0 saturated carbocycles. The second-order valence-corrected chi connectivity index (χ2v) is 8.81. The molecule has 0 aliphatic heterocycles. The molecule has 2 aromatic carbocycles. The molecule has 39 heavy (non-hydrogen) atoms. The second-order valence-electron chi connectivity index (χ2n) is 8.81. The Morgan fingerprint density at radius 3 is 2.31 bits per heavy atom. The summed E-state index contributed by atoms with van der Waals surface area (Å²) in [5.74, 6) is 2.20. The van der Waals surface area contributed by atoms with Gasteiger partial charge in [0.2, 0.25) is 5.95 Å². The third-order valence-electron chi connectivity index (χ3n) is 5.85. The van der Waals surface area contributed by atoms with Crippen molar-refractivity contribution in [1.82, 2.24) is 39.9 Å². The highest BCUT2D eigenvalue weighted by Crippen LogP contribution is 2.22. The topological polar surface area (TPSA) is 119 Å². The second kappa shape index (κ2) is 10.9. The predicted molar refractivity (Wildman–Crippen MR) is 150 cm³/mol. The molecule has 0 saturated heterocycles. The van der Waals surface area contributed by atoms with Gasteiger partial charge in [-0.2, -0.15) is 4.98 Å². The van der Waals surface area contributed by atoms with Crippen molar-refractivity contribution in [3.8, 4) is 22.8 Å². The molecule has 10 nitrogen and oxygen atoms in total. The Hall–Kier alpha value is -5.51. The Balaban J connectivity index is 1.12. The first kappa shape index (κ1) is 23.9. The highest BCUT2D eigenvalue weighted by atomic mass is 15.4. The fourth-order valence-electron chi connectivity index (χ4n) is 3.97. The molecule has 2 N–H and O–H groups in total. The van der Waals surface area contributed by atoms with E-state index >= 15 is 0 Å². The van der Waals surface area contributed by atoms with E-state index in [1.807, 2.05) is 78.5 Å². The summed E-state index contributed by atoms with van der Waals surface area (Å²) < 4.78 is 1.83. The number of hydrogen-bond acceptors (Lipinski definition) is 9. The molecule has 6 rings (SSSR count). The number of benzene rings is 2. The zero-order chi connectivity index (χ0) is 26.4. The van der Waals surface area contributed by atoms with Crippen molar-refractivity contribution in [2.45, 2.75) is 13.5 Å². The van der Waals surface area contributed by atoms with Crippen molar-refractivity contribution in [1.29, 1.82) is 0 Å².